The van der Waals surface area contributed by atoms with Gasteiger partial charge in [-0.05, 0) is 18.1 Å². The van der Waals surface area contributed by atoms with Crippen molar-refractivity contribution in [2.24, 2.45) is 0 Å². The molecule has 1 aromatic carbocycles. The van der Waals surface area contributed by atoms with Crippen LogP contribution in [-0.2, 0) is 22.4 Å². The molecule has 1 heterocycles. The largest absolute Gasteiger partial charge is 0.480 e. The van der Waals surface area contributed by atoms with Crippen LogP contribution in [-0.4, -0.2) is 23.0 Å². The minimum absolute atomic E-state index is 0.245. The lowest BCUT2D eigenvalue weighted by molar-refractivity contribution is -0.141. The quantitative estimate of drug-likeness (QED) is 0.815. The van der Waals surface area contributed by atoms with Crippen molar-refractivity contribution in [2.45, 2.75) is 25.3 Å². The maximum absolute atomic E-state index is 11.9. The summed E-state index contributed by atoms with van der Waals surface area (Å²) in [5.41, 5.74) is 0.875. The molecule has 0 aliphatic rings. The number of halogens is 1. The predicted octanol–water partition coefficient (Wildman–Crippen LogP) is 3.15. The fraction of sp³-hybridized carbons (Fsp3) is 0.250. The van der Waals surface area contributed by atoms with Crippen LogP contribution in [0.15, 0.2) is 41.8 Å². The Hall–Kier alpha value is -1.85. The number of benzene rings is 1. The van der Waals surface area contributed by atoms with Gasteiger partial charge in [-0.2, -0.15) is 0 Å². The number of carbonyl (C=O) groups excluding carboxylic acids is 1. The SMILES string of the molecule is O=C(CCc1cc(Cl)cs1)NC(Cc1ccccc1)C(=O)O. The topological polar surface area (TPSA) is 66.4 Å². The number of nitrogens with one attached hydrogen (secondary N) is 1. The van der Waals surface area contributed by atoms with E-state index in [1.165, 1.54) is 11.3 Å². The molecule has 0 radical (unpaired) electrons. The average Bonchev–Trinajstić information content (AvgIpc) is 2.91. The van der Waals surface area contributed by atoms with E-state index in [4.69, 9.17) is 11.6 Å². The number of amides is 1. The van der Waals surface area contributed by atoms with Crippen LogP contribution in [0.3, 0.4) is 0 Å². The Balaban J connectivity index is 1.87. The van der Waals surface area contributed by atoms with E-state index in [1.807, 2.05) is 41.8 Å². The third-order valence-electron chi connectivity index (χ3n) is 3.14. The monoisotopic (exact) mass is 337 g/mol. The van der Waals surface area contributed by atoms with Crippen molar-refractivity contribution in [3.63, 3.8) is 0 Å². The first-order valence-corrected chi connectivity index (χ1v) is 8.09. The number of aliphatic carboxylic acids is 1. The summed E-state index contributed by atoms with van der Waals surface area (Å²) >= 11 is 7.32. The molecule has 2 rings (SSSR count). The highest BCUT2D eigenvalue weighted by atomic mass is 35.5. The first-order chi connectivity index (χ1) is 10.5. The van der Waals surface area contributed by atoms with Gasteiger partial charge in [0.1, 0.15) is 6.04 Å². The lowest BCUT2D eigenvalue weighted by Crippen LogP contribution is -2.42. The molecule has 1 unspecified atom stereocenters. The summed E-state index contributed by atoms with van der Waals surface area (Å²) in [7, 11) is 0. The number of hydrogen-bond acceptors (Lipinski definition) is 3. The summed E-state index contributed by atoms with van der Waals surface area (Å²) in [5, 5.41) is 14.3. The maximum Gasteiger partial charge on any atom is 0.326 e. The highest BCUT2D eigenvalue weighted by Gasteiger charge is 2.20. The van der Waals surface area contributed by atoms with Crippen LogP contribution in [0.25, 0.3) is 0 Å². The van der Waals surface area contributed by atoms with E-state index >= 15 is 0 Å². The number of carboxylic acid groups (broad SMARTS) is 1. The van der Waals surface area contributed by atoms with Gasteiger partial charge in [0.2, 0.25) is 5.91 Å². The lowest BCUT2D eigenvalue weighted by atomic mass is 10.1. The number of thiophene rings is 1. The third-order valence-corrected chi connectivity index (χ3v) is 4.48. The van der Waals surface area contributed by atoms with E-state index < -0.39 is 12.0 Å². The third kappa shape index (κ3) is 5.16. The molecular formula is C16H16ClNO3S. The molecule has 0 saturated carbocycles. The normalized spacial score (nSPS) is 11.9. The van der Waals surface area contributed by atoms with Crippen LogP contribution in [0.4, 0.5) is 0 Å². The van der Waals surface area contributed by atoms with Gasteiger partial charge >= 0.3 is 5.97 Å². The molecule has 6 heteroatoms. The molecule has 0 saturated heterocycles. The van der Waals surface area contributed by atoms with Crippen molar-refractivity contribution in [1.29, 1.82) is 0 Å². The Morgan fingerprint density at radius 2 is 2.00 bits per heavy atom. The molecule has 22 heavy (non-hydrogen) atoms. The Labute approximate surface area is 137 Å². The van der Waals surface area contributed by atoms with Gasteiger partial charge in [0.25, 0.3) is 0 Å². The number of carbonyl (C=O) groups is 2. The van der Waals surface area contributed by atoms with E-state index in [-0.39, 0.29) is 18.7 Å². The van der Waals surface area contributed by atoms with Gasteiger partial charge < -0.3 is 10.4 Å². The van der Waals surface area contributed by atoms with Crippen LogP contribution < -0.4 is 5.32 Å². The fourth-order valence-corrected chi connectivity index (χ4v) is 3.11. The summed E-state index contributed by atoms with van der Waals surface area (Å²) < 4.78 is 0. The van der Waals surface area contributed by atoms with Crippen molar-refractivity contribution >= 4 is 34.8 Å². The Kier molecular flexibility index (Phi) is 5.98. The number of aryl methyl sites for hydroxylation is 1. The predicted molar refractivity (Wildman–Crippen MR) is 87.4 cm³/mol. The molecule has 0 bridgehead atoms. The minimum Gasteiger partial charge on any atom is -0.480 e. The molecule has 0 aliphatic carbocycles. The molecule has 1 aromatic heterocycles. The second-order valence-electron chi connectivity index (χ2n) is 4.88. The molecule has 2 aromatic rings. The van der Waals surface area contributed by atoms with Crippen LogP contribution in [0.1, 0.15) is 16.9 Å². The summed E-state index contributed by atoms with van der Waals surface area (Å²) in [6.07, 6.45) is 1.07. The van der Waals surface area contributed by atoms with Gasteiger partial charge in [-0.25, -0.2) is 4.79 Å². The van der Waals surface area contributed by atoms with Gasteiger partial charge in [0.15, 0.2) is 0 Å². The first-order valence-electron chi connectivity index (χ1n) is 6.83. The van der Waals surface area contributed by atoms with E-state index in [2.05, 4.69) is 5.32 Å². The second-order valence-corrected chi connectivity index (χ2v) is 6.31. The van der Waals surface area contributed by atoms with Gasteiger partial charge in [-0.15, -0.1) is 11.3 Å². The van der Waals surface area contributed by atoms with Crippen LogP contribution in [0.2, 0.25) is 5.02 Å². The smallest absolute Gasteiger partial charge is 0.326 e. The lowest BCUT2D eigenvalue weighted by Gasteiger charge is -2.14. The molecule has 2 N–H and O–H groups in total. The number of hydrogen-bond donors (Lipinski definition) is 2. The fourth-order valence-electron chi connectivity index (χ4n) is 2.04. The van der Waals surface area contributed by atoms with Crippen molar-refractivity contribution in [2.75, 3.05) is 0 Å². The van der Waals surface area contributed by atoms with Crippen molar-refractivity contribution in [3.8, 4) is 0 Å². The van der Waals surface area contributed by atoms with Gasteiger partial charge in [0.05, 0.1) is 5.02 Å². The zero-order valence-corrected chi connectivity index (χ0v) is 13.4. The van der Waals surface area contributed by atoms with Crippen molar-refractivity contribution < 1.29 is 14.7 Å². The van der Waals surface area contributed by atoms with E-state index in [1.54, 1.807) is 0 Å². The average molecular weight is 338 g/mol. The number of carboxylic acids is 1. The summed E-state index contributed by atoms with van der Waals surface area (Å²) in [5.74, 6) is -1.30. The van der Waals surface area contributed by atoms with E-state index in [9.17, 15) is 14.7 Å². The second kappa shape index (κ2) is 7.96. The Morgan fingerprint density at radius 1 is 1.27 bits per heavy atom. The van der Waals surface area contributed by atoms with Crippen molar-refractivity contribution in [1.82, 2.24) is 5.32 Å². The Morgan fingerprint density at radius 3 is 2.59 bits per heavy atom. The van der Waals surface area contributed by atoms with Gasteiger partial charge in [-0.1, -0.05) is 41.9 Å². The number of rotatable bonds is 7. The zero-order valence-electron chi connectivity index (χ0n) is 11.8. The molecule has 1 amide bonds. The Bertz CT molecular complexity index is 642. The van der Waals surface area contributed by atoms with Crippen LogP contribution in [0, 0.1) is 0 Å². The highest BCUT2D eigenvalue weighted by molar-refractivity contribution is 7.10. The minimum atomic E-state index is -1.03. The standard InChI is InChI=1S/C16H16ClNO3S/c17-12-9-13(22-10-12)6-7-15(19)18-14(16(20)21)8-11-4-2-1-3-5-11/h1-5,9-10,14H,6-8H2,(H,18,19)(H,20,21). The summed E-state index contributed by atoms with van der Waals surface area (Å²) in [6, 6.07) is 10.1. The maximum atomic E-state index is 11.9. The molecule has 4 nitrogen and oxygen atoms in total. The van der Waals surface area contributed by atoms with E-state index in [0.717, 1.165) is 10.4 Å². The zero-order chi connectivity index (χ0) is 15.9. The molecule has 0 spiro atoms. The van der Waals surface area contributed by atoms with Gasteiger partial charge in [0, 0.05) is 23.1 Å². The first kappa shape index (κ1) is 16.5. The molecular weight excluding hydrogens is 322 g/mol. The molecule has 116 valence electrons. The highest BCUT2D eigenvalue weighted by Crippen LogP contribution is 2.20. The van der Waals surface area contributed by atoms with Crippen LogP contribution >= 0.6 is 22.9 Å². The molecule has 0 aliphatic heterocycles. The molecule has 0 fully saturated rings. The van der Waals surface area contributed by atoms with Gasteiger partial charge in [-0.3, -0.25) is 4.79 Å². The summed E-state index contributed by atoms with van der Waals surface area (Å²) in [4.78, 5) is 24.2. The summed E-state index contributed by atoms with van der Waals surface area (Å²) in [6.45, 7) is 0. The van der Waals surface area contributed by atoms with E-state index in [0.29, 0.717) is 11.4 Å². The van der Waals surface area contributed by atoms with Crippen LogP contribution in [0.5, 0.6) is 0 Å². The molecule has 1 atom stereocenters. The van der Waals surface area contributed by atoms with Crippen molar-refractivity contribution in [3.05, 3.63) is 57.2 Å².